The second kappa shape index (κ2) is 3.74. The first-order valence-electron chi connectivity index (χ1n) is 3.86. The largest absolute Gasteiger partial charge is 0.477 e. The normalized spacial score (nSPS) is 10.5. The lowest BCUT2D eigenvalue weighted by atomic mass is 10.4. The van der Waals surface area contributed by atoms with E-state index in [0.29, 0.717) is 14.7 Å². The Morgan fingerprint density at radius 3 is 3.00 bits per heavy atom. The molecule has 5 nitrogen and oxygen atoms in total. The Morgan fingerprint density at radius 2 is 2.40 bits per heavy atom. The summed E-state index contributed by atoms with van der Waals surface area (Å²) in [6.07, 6.45) is 1.54. The zero-order valence-electron chi connectivity index (χ0n) is 7.52. The van der Waals surface area contributed by atoms with Crippen molar-refractivity contribution >= 4 is 43.5 Å². The lowest BCUT2D eigenvalue weighted by Crippen LogP contribution is -1.91. The fraction of sp³-hybridized carbons (Fsp3) is 0.125. The van der Waals surface area contributed by atoms with Gasteiger partial charge in [-0.15, -0.1) is 11.3 Å². The predicted molar refractivity (Wildman–Crippen MR) is 58.6 cm³/mol. The molecule has 0 aliphatic rings. The molecule has 0 aliphatic heterocycles. The number of carbonyl (C=O) groups is 1. The number of aromatic carboxylic acids is 1. The van der Waals surface area contributed by atoms with E-state index in [1.807, 2.05) is 0 Å². The van der Waals surface area contributed by atoms with Gasteiger partial charge in [-0.2, -0.15) is 4.98 Å². The van der Waals surface area contributed by atoms with Crippen LogP contribution in [0.25, 0.3) is 10.2 Å². The molecule has 2 rings (SSSR count). The van der Waals surface area contributed by atoms with Gasteiger partial charge in [-0.25, -0.2) is 9.78 Å². The summed E-state index contributed by atoms with van der Waals surface area (Å²) in [5.74, 6) is -0.983. The van der Waals surface area contributed by atoms with Gasteiger partial charge in [0.15, 0.2) is 0 Å². The Morgan fingerprint density at radius 1 is 1.67 bits per heavy atom. The number of hydrogen-bond acceptors (Lipinski definition) is 5. The number of fused-ring (bicyclic) bond motifs is 1. The van der Waals surface area contributed by atoms with Crippen LogP contribution in [0.1, 0.15) is 9.67 Å². The van der Waals surface area contributed by atoms with Gasteiger partial charge in [0.05, 0.1) is 11.6 Å². The summed E-state index contributed by atoms with van der Waals surface area (Å²) in [4.78, 5) is 19.6. The van der Waals surface area contributed by atoms with E-state index in [9.17, 15) is 4.79 Å². The molecule has 0 amide bonds. The maximum absolute atomic E-state index is 10.8. The van der Waals surface area contributed by atoms with Gasteiger partial charge in [0.1, 0.15) is 9.71 Å². The molecule has 0 bridgehead atoms. The molecule has 0 aliphatic carbocycles. The molecule has 15 heavy (non-hydrogen) atoms. The average molecular weight is 289 g/mol. The lowest BCUT2D eigenvalue weighted by molar-refractivity contribution is 0.0701. The molecule has 0 saturated heterocycles. The van der Waals surface area contributed by atoms with Gasteiger partial charge in [0, 0.05) is 11.6 Å². The van der Waals surface area contributed by atoms with E-state index in [4.69, 9.17) is 9.84 Å². The first-order chi connectivity index (χ1) is 7.13. The number of nitrogens with zero attached hydrogens (tertiary/aromatic N) is 2. The second-order valence-corrected chi connectivity index (χ2v) is 4.42. The molecule has 0 fully saturated rings. The van der Waals surface area contributed by atoms with Crippen molar-refractivity contribution in [2.45, 2.75) is 0 Å². The van der Waals surface area contributed by atoms with E-state index in [1.165, 1.54) is 13.3 Å². The first-order valence-corrected chi connectivity index (χ1v) is 5.46. The highest BCUT2D eigenvalue weighted by Crippen LogP contribution is 2.34. The zero-order valence-corrected chi connectivity index (χ0v) is 9.92. The van der Waals surface area contributed by atoms with Crippen molar-refractivity contribution in [3.8, 4) is 6.01 Å². The number of thiophene rings is 1. The van der Waals surface area contributed by atoms with Crippen molar-refractivity contribution < 1.29 is 14.6 Å². The second-order valence-electron chi connectivity index (χ2n) is 2.63. The van der Waals surface area contributed by atoms with Gasteiger partial charge < -0.3 is 9.84 Å². The van der Waals surface area contributed by atoms with Crippen LogP contribution in [0.15, 0.2) is 10.7 Å². The van der Waals surface area contributed by atoms with E-state index < -0.39 is 5.97 Å². The van der Waals surface area contributed by atoms with E-state index in [-0.39, 0.29) is 10.9 Å². The molecule has 0 unspecified atom stereocenters. The third-order valence-corrected chi connectivity index (χ3v) is 3.92. The highest BCUT2D eigenvalue weighted by atomic mass is 79.9. The van der Waals surface area contributed by atoms with Crippen LogP contribution in [0.3, 0.4) is 0 Å². The van der Waals surface area contributed by atoms with Gasteiger partial charge in [-0.05, 0) is 15.9 Å². The molecule has 7 heteroatoms. The summed E-state index contributed by atoms with van der Waals surface area (Å²) in [7, 11) is 1.46. The molecule has 2 aromatic heterocycles. The SMILES string of the molecule is COc1ncc2c(Br)c(C(=O)O)sc2n1. The molecule has 0 spiro atoms. The van der Waals surface area contributed by atoms with Crippen molar-refractivity contribution in [1.82, 2.24) is 9.97 Å². The third kappa shape index (κ3) is 1.68. The standard InChI is InChI=1S/C8H5BrN2O3S/c1-14-8-10-2-3-4(9)5(7(12)13)15-6(3)11-8/h2H,1H3,(H,12,13). The van der Waals surface area contributed by atoms with Crippen molar-refractivity contribution in [3.05, 3.63) is 15.5 Å². The van der Waals surface area contributed by atoms with Crippen molar-refractivity contribution in [1.29, 1.82) is 0 Å². The van der Waals surface area contributed by atoms with Crippen LogP contribution < -0.4 is 4.74 Å². The fourth-order valence-corrected chi connectivity index (χ4v) is 2.78. The predicted octanol–water partition coefficient (Wildman–Crippen LogP) is 2.16. The molecule has 0 atom stereocenters. The monoisotopic (exact) mass is 288 g/mol. The Hall–Kier alpha value is -1.21. The van der Waals surface area contributed by atoms with Crippen LogP contribution in [0.2, 0.25) is 0 Å². The van der Waals surface area contributed by atoms with Crippen molar-refractivity contribution in [3.63, 3.8) is 0 Å². The minimum atomic E-state index is -0.983. The summed E-state index contributed by atoms with van der Waals surface area (Å²) >= 11 is 4.29. The fourth-order valence-electron chi connectivity index (χ4n) is 1.08. The van der Waals surface area contributed by atoms with Gasteiger partial charge in [-0.1, -0.05) is 0 Å². The van der Waals surface area contributed by atoms with Crippen LogP contribution in [-0.2, 0) is 0 Å². The number of methoxy groups -OCH3 is 1. The number of ether oxygens (including phenoxy) is 1. The molecular weight excluding hydrogens is 284 g/mol. The van der Waals surface area contributed by atoms with Gasteiger partial charge in [0.2, 0.25) is 0 Å². The van der Waals surface area contributed by atoms with Gasteiger partial charge in [0.25, 0.3) is 0 Å². The zero-order chi connectivity index (χ0) is 11.0. The molecular formula is C8H5BrN2O3S. The highest BCUT2D eigenvalue weighted by Gasteiger charge is 2.17. The highest BCUT2D eigenvalue weighted by molar-refractivity contribution is 9.10. The van der Waals surface area contributed by atoms with E-state index in [2.05, 4.69) is 25.9 Å². The molecule has 78 valence electrons. The average Bonchev–Trinajstić information content (AvgIpc) is 2.55. The Labute approximate surface area is 96.9 Å². The van der Waals surface area contributed by atoms with Crippen molar-refractivity contribution in [2.75, 3.05) is 7.11 Å². The Balaban J connectivity index is 2.70. The quantitative estimate of drug-likeness (QED) is 0.917. The molecule has 0 radical (unpaired) electrons. The maximum Gasteiger partial charge on any atom is 0.347 e. The van der Waals surface area contributed by atoms with Gasteiger partial charge >= 0.3 is 12.0 Å². The number of carboxylic acid groups (broad SMARTS) is 1. The smallest absolute Gasteiger partial charge is 0.347 e. The van der Waals surface area contributed by atoms with E-state index >= 15 is 0 Å². The van der Waals surface area contributed by atoms with E-state index in [0.717, 1.165) is 11.3 Å². The maximum atomic E-state index is 10.8. The Kier molecular flexibility index (Phi) is 2.57. The minimum absolute atomic E-state index is 0.215. The molecule has 2 aromatic rings. The van der Waals surface area contributed by atoms with Crippen LogP contribution >= 0.6 is 27.3 Å². The summed E-state index contributed by atoms with van der Waals surface area (Å²) in [5, 5.41) is 9.57. The first kappa shape index (κ1) is 10.3. The topological polar surface area (TPSA) is 72.3 Å². The summed E-state index contributed by atoms with van der Waals surface area (Å²) in [6.45, 7) is 0. The summed E-state index contributed by atoms with van der Waals surface area (Å²) in [6, 6.07) is 0.230. The molecule has 0 aromatic carbocycles. The number of halogens is 1. The molecule has 1 N–H and O–H groups in total. The minimum Gasteiger partial charge on any atom is -0.477 e. The number of aromatic nitrogens is 2. The van der Waals surface area contributed by atoms with Crippen LogP contribution in [0.5, 0.6) is 6.01 Å². The van der Waals surface area contributed by atoms with Crippen molar-refractivity contribution in [2.24, 2.45) is 0 Å². The number of rotatable bonds is 2. The molecule has 0 saturated carbocycles. The van der Waals surface area contributed by atoms with Crippen LogP contribution in [0, 0.1) is 0 Å². The molecule has 2 heterocycles. The number of hydrogen-bond donors (Lipinski definition) is 1. The summed E-state index contributed by atoms with van der Waals surface area (Å²) < 4.78 is 5.37. The summed E-state index contributed by atoms with van der Waals surface area (Å²) in [5.41, 5.74) is 0. The number of carboxylic acids is 1. The van der Waals surface area contributed by atoms with Crippen LogP contribution in [-0.4, -0.2) is 28.2 Å². The Bertz CT molecular complexity index is 540. The lowest BCUT2D eigenvalue weighted by Gasteiger charge is -1.95. The third-order valence-electron chi connectivity index (χ3n) is 1.74. The van der Waals surface area contributed by atoms with Gasteiger partial charge in [-0.3, -0.25) is 0 Å². The van der Waals surface area contributed by atoms with Crippen LogP contribution in [0.4, 0.5) is 0 Å². The van der Waals surface area contributed by atoms with E-state index in [1.54, 1.807) is 0 Å².